The standard InChI is InChI=1S/C24H21ClO3S/c25-21-12-10-19(11-13-21)18-6-8-20(9-7-18)23(26)14-17(15-24(27)28)16-29-22-4-2-1-3-5-22/h1-13,17H,14-16H2,(H,27,28). The average molecular weight is 425 g/mol. The number of rotatable bonds is 9. The molecule has 1 N–H and O–H groups in total. The lowest BCUT2D eigenvalue weighted by Crippen LogP contribution is -2.15. The van der Waals surface area contributed by atoms with Gasteiger partial charge in [-0.15, -0.1) is 11.8 Å². The molecule has 5 heteroatoms. The number of hydrogen-bond donors (Lipinski definition) is 1. The first-order valence-corrected chi connectivity index (χ1v) is 10.7. The van der Waals surface area contributed by atoms with Gasteiger partial charge in [-0.05, 0) is 41.3 Å². The Balaban J connectivity index is 1.65. The maximum Gasteiger partial charge on any atom is 0.303 e. The van der Waals surface area contributed by atoms with Crippen LogP contribution < -0.4 is 0 Å². The van der Waals surface area contributed by atoms with Gasteiger partial charge >= 0.3 is 5.97 Å². The molecule has 0 aliphatic heterocycles. The van der Waals surface area contributed by atoms with Crippen LogP contribution in [0.15, 0.2) is 83.8 Å². The van der Waals surface area contributed by atoms with E-state index >= 15 is 0 Å². The van der Waals surface area contributed by atoms with Crippen LogP contribution >= 0.6 is 23.4 Å². The van der Waals surface area contributed by atoms with Gasteiger partial charge in [0.25, 0.3) is 0 Å². The van der Waals surface area contributed by atoms with E-state index in [1.165, 1.54) is 0 Å². The zero-order valence-electron chi connectivity index (χ0n) is 15.8. The van der Waals surface area contributed by atoms with Crippen LogP contribution in [0.25, 0.3) is 11.1 Å². The molecule has 0 heterocycles. The second-order valence-corrected chi connectivity index (χ2v) is 8.33. The van der Waals surface area contributed by atoms with Gasteiger partial charge in [-0.1, -0.05) is 66.2 Å². The Hall–Kier alpha value is -2.56. The fraction of sp³-hybridized carbons (Fsp3) is 0.167. The third kappa shape index (κ3) is 6.48. The van der Waals surface area contributed by atoms with E-state index < -0.39 is 5.97 Å². The number of aliphatic carboxylic acids is 1. The normalized spacial score (nSPS) is 11.8. The predicted octanol–water partition coefficient (Wildman–Crippen LogP) is 6.46. The number of Topliss-reactive ketones (excluding diaryl/α,β-unsaturated/α-hetero) is 1. The summed E-state index contributed by atoms with van der Waals surface area (Å²) < 4.78 is 0. The van der Waals surface area contributed by atoms with Crippen molar-refractivity contribution in [3.8, 4) is 11.1 Å². The summed E-state index contributed by atoms with van der Waals surface area (Å²) in [5.74, 6) is -0.548. The molecule has 0 aliphatic carbocycles. The summed E-state index contributed by atoms with van der Waals surface area (Å²) in [6, 6.07) is 24.7. The molecule has 3 aromatic carbocycles. The van der Waals surface area contributed by atoms with Gasteiger partial charge in [0.1, 0.15) is 0 Å². The van der Waals surface area contributed by atoms with Crippen molar-refractivity contribution >= 4 is 35.1 Å². The van der Waals surface area contributed by atoms with Crippen LogP contribution in [-0.2, 0) is 4.79 Å². The summed E-state index contributed by atoms with van der Waals surface area (Å²) >= 11 is 7.51. The number of thioether (sulfide) groups is 1. The zero-order valence-corrected chi connectivity index (χ0v) is 17.3. The van der Waals surface area contributed by atoms with Crippen LogP contribution in [-0.4, -0.2) is 22.6 Å². The molecule has 0 amide bonds. The Morgan fingerprint density at radius 1 is 0.828 bits per heavy atom. The van der Waals surface area contributed by atoms with E-state index in [0.717, 1.165) is 16.0 Å². The van der Waals surface area contributed by atoms with Gasteiger partial charge in [0.2, 0.25) is 0 Å². The van der Waals surface area contributed by atoms with E-state index in [9.17, 15) is 14.7 Å². The Morgan fingerprint density at radius 2 is 1.41 bits per heavy atom. The Morgan fingerprint density at radius 3 is 2.00 bits per heavy atom. The number of benzene rings is 3. The fourth-order valence-corrected chi connectivity index (χ4v) is 4.18. The monoisotopic (exact) mass is 424 g/mol. The summed E-state index contributed by atoms with van der Waals surface area (Å²) in [7, 11) is 0. The van der Waals surface area contributed by atoms with E-state index in [1.54, 1.807) is 23.9 Å². The second kappa shape index (κ2) is 10.3. The molecule has 0 spiro atoms. The van der Waals surface area contributed by atoms with Crippen molar-refractivity contribution in [1.29, 1.82) is 0 Å². The van der Waals surface area contributed by atoms with Gasteiger partial charge in [-0.25, -0.2) is 0 Å². The smallest absolute Gasteiger partial charge is 0.303 e. The van der Waals surface area contributed by atoms with Crippen molar-refractivity contribution in [2.45, 2.75) is 17.7 Å². The maximum absolute atomic E-state index is 12.7. The molecule has 0 aliphatic rings. The highest BCUT2D eigenvalue weighted by atomic mass is 35.5. The fourth-order valence-electron chi connectivity index (χ4n) is 3.04. The van der Waals surface area contributed by atoms with Gasteiger partial charge in [-0.2, -0.15) is 0 Å². The second-order valence-electron chi connectivity index (χ2n) is 6.80. The minimum Gasteiger partial charge on any atom is -0.481 e. The molecule has 0 radical (unpaired) electrons. The van der Waals surface area contributed by atoms with Crippen LogP contribution in [0, 0.1) is 5.92 Å². The Labute approximate surface area is 179 Å². The van der Waals surface area contributed by atoms with Crippen molar-refractivity contribution in [3.63, 3.8) is 0 Å². The number of carbonyl (C=O) groups excluding carboxylic acids is 1. The van der Waals surface area contributed by atoms with E-state index in [1.807, 2.05) is 66.7 Å². The van der Waals surface area contributed by atoms with Crippen molar-refractivity contribution in [3.05, 3.63) is 89.4 Å². The Kier molecular flexibility index (Phi) is 7.50. The molecule has 0 fully saturated rings. The Bertz CT molecular complexity index is 954. The average Bonchev–Trinajstić information content (AvgIpc) is 2.73. The molecule has 148 valence electrons. The van der Waals surface area contributed by atoms with Crippen molar-refractivity contribution in [1.82, 2.24) is 0 Å². The lowest BCUT2D eigenvalue weighted by molar-refractivity contribution is -0.137. The van der Waals surface area contributed by atoms with Gasteiger partial charge < -0.3 is 5.11 Å². The third-order valence-electron chi connectivity index (χ3n) is 4.55. The van der Waals surface area contributed by atoms with Crippen LogP contribution in [0.3, 0.4) is 0 Å². The highest BCUT2D eigenvalue weighted by molar-refractivity contribution is 7.99. The summed E-state index contributed by atoms with van der Waals surface area (Å²) in [6.45, 7) is 0. The van der Waals surface area contributed by atoms with Crippen LogP contribution in [0.4, 0.5) is 0 Å². The predicted molar refractivity (Wildman–Crippen MR) is 119 cm³/mol. The van der Waals surface area contributed by atoms with E-state index in [2.05, 4.69) is 0 Å². The molecule has 0 aromatic heterocycles. The largest absolute Gasteiger partial charge is 0.481 e. The molecular weight excluding hydrogens is 404 g/mol. The molecule has 0 saturated carbocycles. The van der Waals surface area contributed by atoms with Gasteiger partial charge in [-0.3, -0.25) is 9.59 Å². The highest BCUT2D eigenvalue weighted by Gasteiger charge is 2.19. The van der Waals surface area contributed by atoms with E-state index in [-0.39, 0.29) is 24.5 Å². The van der Waals surface area contributed by atoms with Crippen LogP contribution in [0.2, 0.25) is 5.02 Å². The molecule has 29 heavy (non-hydrogen) atoms. The van der Waals surface area contributed by atoms with E-state index in [0.29, 0.717) is 16.3 Å². The molecule has 3 rings (SSSR count). The topological polar surface area (TPSA) is 54.4 Å². The summed E-state index contributed by atoms with van der Waals surface area (Å²) in [5.41, 5.74) is 2.62. The molecule has 1 atom stereocenters. The number of carboxylic acids is 1. The minimum absolute atomic E-state index is 0.0194. The van der Waals surface area contributed by atoms with Gasteiger partial charge in [0, 0.05) is 34.1 Å². The van der Waals surface area contributed by atoms with Crippen molar-refractivity contribution in [2.75, 3.05) is 5.75 Å². The number of carbonyl (C=O) groups is 2. The third-order valence-corrected chi connectivity index (χ3v) is 6.05. The molecule has 1 unspecified atom stereocenters. The SMILES string of the molecule is O=C(O)CC(CSc1ccccc1)CC(=O)c1ccc(-c2ccc(Cl)cc2)cc1. The number of halogens is 1. The zero-order chi connectivity index (χ0) is 20.6. The minimum atomic E-state index is -0.880. The summed E-state index contributed by atoms with van der Waals surface area (Å²) in [4.78, 5) is 25.0. The molecule has 0 saturated heterocycles. The van der Waals surface area contributed by atoms with Crippen LogP contribution in [0.1, 0.15) is 23.2 Å². The van der Waals surface area contributed by atoms with Crippen molar-refractivity contribution in [2.24, 2.45) is 5.92 Å². The first kappa shape index (κ1) is 21.2. The van der Waals surface area contributed by atoms with Gasteiger partial charge in [0.15, 0.2) is 5.78 Å². The lowest BCUT2D eigenvalue weighted by Gasteiger charge is -2.14. The van der Waals surface area contributed by atoms with Crippen molar-refractivity contribution < 1.29 is 14.7 Å². The first-order chi connectivity index (χ1) is 14.0. The van der Waals surface area contributed by atoms with Crippen LogP contribution in [0.5, 0.6) is 0 Å². The molecule has 3 nitrogen and oxygen atoms in total. The number of carboxylic acid groups (broad SMARTS) is 1. The quantitative estimate of drug-likeness (QED) is 0.316. The first-order valence-electron chi connectivity index (χ1n) is 9.30. The highest BCUT2D eigenvalue weighted by Crippen LogP contribution is 2.26. The maximum atomic E-state index is 12.7. The summed E-state index contributed by atoms with van der Waals surface area (Å²) in [6.07, 6.45) is 0.195. The molecule has 3 aromatic rings. The molecule has 0 bridgehead atoms. The van der Waals surface area contributed by atoms with Gasteiger partial charge in [0.05, 0.1) is 0 Å². The number of ketones is 1. The number of hydrogen-bond acceptors (Lipinski definition) is 3. The lowest BCUT2D eigenvalue weighted by atomic mass is 9.95. The van der Waals surface area contributed by atoms with E-state index in [4.69, 9.17) is 11.6 Å². The molecular formula is C24H21ClO3S. The summed E-state index contributed by atoms with van der Waals surface area (Å²) in [5, 5.41) is 9.90.